The molecular weight excluding hydrogens is 236 g/mol. The van der Waals surface area contributed by atoms with E-state index in [0.29, 0.717) is 23.4 Å². The Morgan fingerprint density at radius 3 is 2.71 bits per heavy atom. The largest absolute Gasteiger partial charge is 0.313 e. The predicted octanol–water partition coefficient (Wildman–Crippen LogP) is 2.03. The third-order valence-corrected chi connectivity index (χ3v) is 2.38. The lowest BCUT2D eigenvalue weighted by molar-refractivity contribution is -0.104. The summed E-state index contributed by atoms with van der Waals surface area (Å²) < 4.78 is 0. The van der Waals surface area contributed by atoms with Crippen molar-refractivity contribution in [3.63, 3.8) is 0 Å². The van der Waals surface area contributed by atoms with E-state index in [0.717, 1.165) is 5.56 Å². The molecule has 90 valence electrons. The van der Waals surface area contributed by atoms with Crippen molar-refractivity contribution >= 4 is 17.9 Å². The number of benzene rings is 1. The Balaban J connectivity index is 2.40. The number of allylic oxidation sites excluding steroid dienone is 2. The average molecular weight is 251 g/mol. The van der Waals surface area contributed by atoms with E-state index in [4.69, 9.17) is 17.3 Å². The van der Waals surface area contributed by atoms with Gasteiger partial charge < -0.3 is 5.73 Å². The summed E-state index contributed by atoms with van der Waals surface area (Å²) in [5.74, 6) is 0. The number of aldehydes is 1. The number of nitrogens with two attached hydrogens (primary N) is 1. The van der Waals surface area contributed by atoms with Crippen molar-refractivity contribution < 1.29 is 4.79 Å². The molecule has 17 heavy (non-hydrogen) atoms. The van der Waals surface area contributed by atoms with Gasteiger partial charge in [0.1, 0.15) is 6.29 Å². The zero-order chi connectivity index (χ0) is 12.7. The van der Waals surface area contributed by atoms with Crippen LogP contribution in [-0.4, -0.2) is 12.5 Å². The molecule has 0 saturated heterocycles. The Bertz CT molecular complexity index is 412. The maximum Gasteiger partial charge on any atom is 0.149 e. The molecule has 0 bridgehead atoms. The van der Waals surface area contributed by atoms with Gasteiger partial charge in [-0.05, 0) is 17.7 Å². The standard InChI is InChI=1S/C13H15ClN2O/c1-10(9-17)2-7-13(15)16-8-11-3-5-12(14)6-4-11/h2-7,9,13,16H,1,8,15H2/b7-2-. The van der Waals surface area contributed by atoms with Gasteiger partial charge in [0.25, 0.3) is 0 Å². The van der Waals surface area contributed by atoms with Gasteiger partial charge in [-0.3, -0.25) is 10.1 Å². The van der Waals surface area contributed by atoms with Crippen molar-refractivity contribution in [3.05, 3.63) is 59.2 Å². The highest BCUT2D eigenvalue weighted by molar-refractivity contribution is 6.30. The normalized spacial score (nSPS) is 12.6. The molecule has 0 aromatic heterocycles. The molecule has 3 N–H and O–H groups in total. The lowest BCUT2D eigenvalue weighted by Gasteiger charge is -2.09. The zero-order valence-corrected chi connectivity index (χ0v) is 10.2. The molecule has 0 fully saturated rings. The number of hydrogen-bond donors (Lipinski definition) is 2. The first-order valence-corrected chi connectivity index (χ1v) is 5.55. The lowest BCUT2D eigenvalue weighted by Crippen LogP contribution is -2.34. The van der Waals surface area contributed by atoms with Crippen LogP contribution in [0.2, 0.25) is 5.02 Å². The summed E-state index contributed by atoms with van der Waals surface area (Å²) in [6.07, 6.45) is 3.64. The molecule has 4 heteroatoms. The van der Waals surface area contributed by atoms with E-state index in [1.54, 1.807) is 12.2 Å². The van der Waals surface area contributed by atoms with Gasteiger partial charge in [0.2, 0.25) is 0 Å². The van der Waals surface area contributed by atoms with Crippen molar-refractivity contribution in [2.45, 2.75) is 12.7 Å². The highest BCUT2D eigenvalue weighted by Gasteiger charge is 1.97. The molecule has 0 aliphatic heterocycles. The van der Waals surface area contributed by atoms with Crippen LogP contribution < -0.4 is 11.1 Å². The summed E-state index contributed by atoms with van der Waals surface area (Å²) in [7, 11) is 0. The van der Waals surface area contributed by atoms with Gasteiger partial charge >= 0.3 is 0 Å². The second-order valence-corrected chi connectivity index (χ2v) is 4.02. The molecule has 3 nitrogen and oxygen atoms in total. The van der Waals surface area contributed by atoms with Crippen LogP contribution in [0.5, 0.6) is 0 Å². The highest BCUT2D eigenvalue weighted by Crippen LogP contribution is 2.09. The van der Waals surface area contributed by atoms with Crippen LogP contribution in [-0.2, 0) is 11.3 Å². The van der Waals surface area contributed by atoms with Crippen molar-refractivity contribution in [3.8, 4) is 0 Å². The lowest BCUT2D eigenvalue weighted by atomic mass is 10.2. The molecule has 0 heterocycles. The molecule has 0 aliphatic carbocycles. The Morgan fingerprint density at radius 1 is 1.47 bits per heavy atom. The van der Waals surface area contributed by atoms with Crippen molar-refractivity contribution in [2.75, 3.05) is 0 Å². The molecule has 0 aliphatic rings. The predicted molar refractivity (Wildman–Crippen MR) is 70.6 cm³/mol. The quantitative estimate of drug-likeness (QED) is 0.352. The molecule has 0 amide bonds. The fourth-order valence-electron chi connectivity index (χ4n) is 1.17. The van der Waals surface area contributed by atoms with E-state index < -0.39 is 0 Å². The van der Waals surface area contributed by atoms with Gasteiger partial charge in [-0.1, -0.05) is 42.5 Å². The third-order valence-electron chi connectivity index (χ3n) is 2.12. The van der Waals surface area contributed by atoms with Crippen LogP contribution in [0.1, 0.15) is 5.56 Å². The molecule has 0 spiro atoms. The van der Waals surface area contributed by atoms with Gasteiger partial charge in [-0.2, -0.15) is 0 Å². The Labute approximate surface area is 106 Å². The van der Waals surface area contributed by atoms with Gasteiger partial charge in [0.05, 0.1) is 6.17 Å². The molecule has 1 unspecified atom stereocenters. The van der Waals surface area contributed by atoms with Crippen LogP contribution in [0.25, 0.3) is 0 Å². The fraction of sp³-hybridized carbons (Fsp3) is 0.154. The van der Waals surface area contributed by atoms with Crippen LogP contribution in [0.4, 0.5) is 0 Å². The fourth-order valence-corrected chi connectivity index (χ4v) is 1.30. The van der Waals surface area contributed by atoms with Gasteiger partial charge in [0, 0.05) is 17.1 Å². The van der Waals surface area contributed by atoms with Crippen molar-refractivity contribution in [1.29, 1.82) is 0 Å². The second kappa shape index (κ2) is 7.01. The first-order chi connectivity index (χ1) is 8.11. The molecule has 1 aromatic rings. The van der Waals surface area contributed by atoms with Crippen LogP contribution in [0.3, 0.4) is 0 Å². The molecule has 1 rings (SSSR count). The Hall–Kier alpha value is -1.42. The van der Waals surface area contributed by atoms with Gasteiger partial charge in [-0.15, -0.1) is 0 Å². The van der Waals surface area contributed by atoms with Crippen molar-refractivity contribution in [1.82, 2.24) is 5.32 Å². The number of hydrogen-bond acceptors (Lipinski definition) is 3. The number of carbonyl (C=O) groups excluding carboxylic acids is 1. The highest BCUT2D eigenvalue weighted by atomic mass is 35.5. The van der Waals surface area contributed by atoms with Crippen LogP contribution in [0.15, 0.2) is 48.6 Å². The summed E-state index contributed by atoms with van der Waals surface area (Å²) in [6, 6.07) is 7.51. The number of rotatable bonds is 6. The summed E-state index contributed by atoms with van der Waals surface area (Å²) in [6.45, 7) is 4.16. The minimum absolute atomic E-state index is 0.317. The van der Waals surface area contributed by atoms with Crippen LogP contribution in [0, 0.1) is 0 Å². The summed E-state index contributed by atoms with van der Waals surface area (Å²) >= 11 is 5.78. The zero-order valence-electron chi connectivity index (χ0n) is 9.40. The maximum absolute atomic E-state index is 10.3. The smallest absolute Gasteiger partial charge is 0.149 e. The third kappa shape index (κ3) is 5.45. The van der Waals surface area contributed by atoms with Gasteiger partial charge in [0.15, 0.2) is 0 Å². The van der Waals surface area contributed by atoms with E-state index >= 15 is 0 Å². The number of halogens is 1. The molecule has 0 radical (unpaired) electrons. The molecular formula is C13H15ClN2O. The minimum Gasteiger partial charge on any atom is -0.313 e. The number of nitrogens with one attached hydrogen (secondary N) is 1. The second-order valence-electron chi connectivity index (χ2n) is 3.59. The minimum atomic E-state index is -0.317. The first kappa shape index (κ1) is 13.6. The molecule has 1 aromatic carbocycles. The summed E-state index contributed by atoms with van der Waals surface area (Å²) in [5.41, 5.74) is 7.26. The first-order valence-electron chi connectivity index (χ1n) is 5.17. The SMILES string of the molecule is C=C(C=O)/C=C\C(N)NCc1ccc(Cl)cc1. The van der Waals surface area contributed by atoms with E-state index in [1.165, 1.54) is 0 Å². The average Bonchev–Trinajstić information content (AvgIpc) is 2.35. The molecule has 0 saturated carbocycles. The van der Waals surface area contributed by atoms with E-state index in [1.807, 2.05) is 24.3 Å². The molecule has 1 atom stereocenters. The Kier molecular flexibility index (Phi) is 5.63. The monoisotopic (exact) mass is 250 g/mol. The number of carbonyl (C=O) groups is 1. The van der Waals surface area contributed by atoms with E-state index in [-0.39, 0.29) is 6.17 Å². The van der Waals surface area contributed by atoms with Crippen LogP contribution >= 0.6 is 11.6 Å². The van der Waals surface area contributed by atoms with E-state index in [2.05, 4.69) is 11.9 Å². The van der Waals surface area contributed by atoms with E-state index in [9.17, 15) is 4.79 Å². The van der Waals surface area contributed by atoms with Crippen molar-refractivity contribution in [2.24, 2.45) is 5.73 Å². The Morgan fingerprint density at radius 2 is 2.12 bits per heavy atom. The topological polar surface area (TPSA) is 55.1 Å². The maximum atomic E-state index is 10.3. The summed E-state index contributed by atoms with van der Waals surface area (Å²) in [5, 5.41) is 3.80. The summed E-state index contributed by atoms with van der Waals surface area (Å²) in [4.78, 5) is 10.3. The van der Waals surface area contributed by atoms with Gasteiger partial charge in [-0.25, -0.2) is 0 Å².